The maximum atomic E-state index is 12.2. The lowest BCUT2D eigenvalue weighted by atomic mass is 9.68. The van der Waals surface area contributed by atoms with E-state index < -0.39 is 29.7 Å². The lowest BCUT2D eigenvalue weighted by Gasteiger charge is -2.44. The molecule has 0 saturated heterocycles. The number of primary amides is 1. The molecule has 3 N–H and O–H groups in total. The summed E-state index contributed by atoms with van der Waals surface area (Å²) in [5.74, 6) is -2.02. The smallest absolute Gasteiger partial charge is 0.243 e. The number of rotatable bonds is 3. The average Bonchev–Trinajstić information content (AvgIpc) is 1.93. The van der Waals surface area contributed by atoms with Gasteiger partial charge in [0.15, 0.2) is 0 Å². The molecule has 1 saturated carbocycles. The molecular formula is C8H12F2N2O2. The van der Waals surface area contributed by atoms with Crippen LogP contribution in [0.2, 0.25) is 0 Å². The molecular weight excluding hydrogens is 194 g/mol. The van der Waals surface area contributed by atoms with Crippen molar-refractivity contribution in [2.24, 2.45) is 11.7 Å². The summed E-state index contributed by atoms with van der Waals surface area (Å²) in [6.07, 6.45) is -2.60. The van der Waals surface area contributed by atoms with Gasteiger partial charge in [-0.15, -0.1) is 0 Å². The molecule has 2 amide bonds. The van der Waals surface area contributed by atoms with E-state index >= 15 is 0 Å². The highest BCUT2D eigenvalue weighted by molar-refractivity contribution is 5.90. The van der Waals surface area contributed by atoms with Gasteiger partial charge >= 0.3 is 0 Å². The number of hydrogen-bond acceptors (Lipinski definition) is 2. The second kappa shape index (κ2) is 3.51. The predicted molar refractivity (Wildman–Crippen MR) is 44.5 cm³/mol. The van der Waals surface area contributed by atoms with E-state index in [4.69, 9.17) is 5.73 Å². The Bertz CT molecular complexity index is 262. The van der Waals surface area contributed by atoms with E-state index in [9.17, 15) is 18.4 Å². The number of nitrogens with two attached hydrogens (primary N) is 1. The minimum Gasteiger partial charge on any atom is -0.368 e. The van der Waals surface area contributed by atoms with Crippen LogP contribution in [0.5, 0.6) is 0 Å². The van der Waals surface area contributed by atoms with Crippen LogP contribution in [0.1, 0.15) is 19.8 Å². The summed E-state index contributed by atoms with van der Waals surface area (Å²) < 4.78 is 24.3. The van der Waals surface area contributed by atoms with Gasteiger partial charge in [-0.25, -0.2) is 8.78 Å². The Morgan fingerprint density at radius 3 is 2.29 bits per heavy atom. The summed E-state index contributed by atoms with van der Waals surface area (Å²) >= 11 is 0. The molecule has 0 spiro atoms. The van der Waals surface area contributed by atoms with Crippen LogP contribution in [0.15, 0.2) is 0 Å². The van der Waals surface area contributed by atoms with E-state index in [0.717, 1.165) is 0 Å². The lowest BCUT2D eigenvalue weighted by molar-refractivity contribution is -0.140. The van der Waals surface area contributed by atoms with Crippen LogP contribution in [0.25, 0.3) is 0 Å². The summed E-state index contributed by atoms with van der Waals surface area (Å²) in [6.45, 7) is 1.22. The first kappa shape index (κ1) is 10.9. The Balaban J connectivity index is 2.62. The fourth-order valence-corrected chi connectivity index (χ4v) is 1.72. The average molecular weight is 206 g/mol. The zero-order valence-corrected chi connectivity index (χ0v) is 7.72. The number of hydrogen-bond donors (Lipinski definition) is 2. The fourth-order valence-electron chi connectivity index (χ4n) is 1.72. The van der Waals surface area contributed by atoms with Gasteiger partial charge in [-0.3, -0.25) is 9.59 Å². The molecule has 6 heteroatoms. The third kappa shape index (κ3) is 1.83. The van der Waals surface area contributed by atoms with Crippen LogP contribution in [0.3, 0.4) is 0 Å². The Morgan fingerprint density at radius 2 is 2.00 bits per heavy atom. The molecule has 0 aromatic heterocycles. The Kier molecular flexibility index (Phi) is 2.73. The first-order valence-corrected chi connectivity index (χ1v) is 4.24. The number of amides is 2. The monoisotopic (exact) mass is 206 g/mol. The van der Waals surface area contributed by atoms with Crippen molar-refractivity contribution in [3.8, 4) is 0 Å². The van der Waals surface area contributed by atoms with E-state index in [0.29, 0.717) is 0 Å². The molecule has 0 heterocycles. The minimum absolute atomic E-state index is 0.0699. The zero-order chi connectivity index (χ0) is 10.9. The van der Waals surface area contributed by atoms with Crippen LogP contribution in [-0.2, 0) is 9.59 Å². The third-order valence-corrected chi connectivity index (χ3v) is 2.46. The van der Waals surface area contributed by atoms with E-state index in [1.165, 1.54) is 6.92 Å². The maximum absolute atomic E-state index is 12.2. The molecule has 80 valence electrons. The quantitative estimate of drug-likeness (QED) is 0.683. The first-order chi connectivity index (χ1) is 6.37. The van der Waals surface area contributed by atoms with Crippen molar-refractivity contribution in [3.63, 3.8) is 0 Å². The van der Waals surface area contributed by atoms with Crippen molar-refractivity contribution in [2.45, 2.75) is 31.7 Å². The molecule has 1 rings (SSSR count). The number of halogens is 2. The number of carbonyl (C=O) groups excluding carboxylic acids is 2. The SMILES string of the molecule is CC(=O)NC1(C(N)=O)CC(C(F)F)C1. The molecule has 0 bridgehead atoms. The molecule has 1 fully saturated rings. The van der Waals surface area contributed by atoms with Crippen molar-refractivity contribution < 1.29 is 18.4 Å². The van der Waals surface area contributed by atoms with E-state index in [1.54, 1.807) is 0 Å². The summed E-state index contributed by atoms with van der Waals surface area (Å²) in [7, 11) is 0. The van der Waals surface area contributed by atoms with Crippen LogP contribution in [0, 0.1) is 5.92 Å². The van der Waals surface area contributed by atoms with Crippen LogP contribution < -0.4 is 11.1 Å². The number of alkyl halides is 2. The van der Waals surface area contributed by atoms with Crippen LogP contribution in [-0.4, -0.2) is 23.8 Å². The number of nitrogens with one attached hydrogen (secondary N) is 1. The summed E-state index contributed by atoms with van der Waals surface area (Å²) in [6, 6.07) is 0. The summed E-state index contributed by atoms with van der Waals surface area (Å²) in [5.41, 5.74) is 3.80. The summed E-state index contributed by atoms with van der Waals surface area (Å²) in [5, 5.41) is 2.33. The molecule has 0 aliphatic heterocycles. The van der Waals surface area contributed by atoms with Crippen molar-refractivity contribution in [1.29, 1.82) is 0 Å². The van der Waals surface area contributed by atoms with Gasteiger partial charge in [0, 0.05) is 12.8 Å². The van der Waals surface area contributed by atoms with Crippen molar-refractivity contribution in [2.75, 3.05) is 0 Å². The summed E-state index contributed by atoms with van der Waals surface area (Å²) in [4.78, 5) is 21.7. The van der Waals surface area contributed by atoms with E-state index in [1.807, 2.05) is 0 Å². The predicted octanol–water partition coefficient (Wildman–Crippen LogP) is 0.0217. The van der Waals surface area contributed by atoms with Crippen LogP contribution >= 0.6 is 0 Å². The fraction of sp³-hybridized carbons (Fsp3) is 0.750. The van der Waals surface area contributed by atoms with Gasteiger partial charge in [0.2, 0.25) is 18.2 Å². The van der Waals surface area contributed by atoms with Gasteiger partial charge in [-0.05, 0) is 12.8 Å². The minimum atomic E-state index is -2.46. The molecule has 0 unspecified atom stereocenters. The molecule has 0 aromatic rings. The van der Waals surface area contributed by atoms with Crippen molar-refractivity contribution in [3.05, 3.63) is 0 Å². The van der Waals surface area contributed by atoms with Crippen molar-refractivity contribution in [1.82, 2.24) is 5.32 Å². The molecule has 0 aromatic carbocycles. The highest BCUT2D eigenvalue weighted by Crippen LogP contribution is 2.41. The van der Waals surface area contributed by atoms with Gasteiger partial charge in [-0.2, -0.15) is 0 Å². The molecule has 14 heavy (non-hydrogen) atoms. The first-order valence-electron chi connectivity index (χ1n) is 4.24. The second-order valence-corrected chi connectivity index (χ2v) is 3.63. The highest BCUT2D eigenvalue weighted by atomic mass is 19.3. The van der Waals surface area contributed by atoms with Gasteiger partial charge in [0.25, 0.3) is 0 Å². The zero-order valence-electron chi connectivity index (χ0n) is 7.72. The van der Waals surface area contributed by atoms with Gasteiger partial charge in [0.05, 0.1) is 0 Å². The Labute approximate surface area is 79.8 Å². The standard InChI is InChI=1S/C8H12F2N2O2/c1-4(13)12-8(7(11)14)2-5(3-8)6(9)10/h5-6H,2-3H2,1H3,(H2,11,14)(H,12,13). The Morgan fingerprint density at radius 1 is 1.50 bits per heavy atom. The van der Waals surface area contributed by atoms with Gasteiger partial charge < -0.3 is 11.1 Å². The molecule has 0 radical (unpaired) electrons. The van der Waals surface area contributed by atoms with E-state index in [-0.39, 0.29) is 12.8 Å². The molecule has 4 nitrogen and oxygen atoms in total. The van der Waals surface area contributed by atoms with Gasteiger partial charge in [0.1, 0.15) is 5.54 Å². The van der Waals surface area contributed by atoms with Crippen molar-refractivity contribution >= 4 is 11.8 Å². The van der Waals surface area contributed by atoms with Crippen LogP contribution in [0.4, 0.5) is 8.78 Å². The largest absolute Gasteiger partial charge is 0.368 e. The maximum Gasteiger partial charge on any atom is 0.243 e. The topological polar surface area (TPSA) is 72.2 Å². The highest BCUT2D eigenvalue weighted by Gasteiger charge is 2.52. The molecule has 1 aliphatic rings. The normalized spacial score (nSPS) is 31.0. The number of carbonyl (C=O) groups is 2. The van der Waals surface area contributed by atoms with Gasteiger partial charge in [-0.1, -0.05) is 0 Å². The van der Waals surface area contributed by atoms with E-state index in [2.05, 4.69) is 5.32 Å². The third-order valence-electron chi connectivity index (χ3n) is 2.46. The molecule has 1 aliphatic carbocycles. The lowest BCUT2D eigenvalue weighted by Crippen LogP contribution is -2.65. The Hall–Kier alpha value is -1.20. The second-order valence-electron chi connectivity index (χ2n) is 3.63. The molecule has 0 atom stereocenters.